The summed E-state index contributed by atoms with van der Waals surface area (Å²) in [6, 6.07) is 26.3. The first kappa shape index (κ1) is 26.0. The Morgan fingerprint density at radius 3 is 1.81 bits per heavy atom. The Bertz CT molecular complexity index is 1160. The van der Waals surface area contributed by atoms with E-state index in [0.29, 0.717) is 24.2 Å². The molecular formula is C33H36F2O. The van der Waals surface area contributed by atoms with Crippen LogP contribution in [0, 0.1) is 0 Å². The molecule has 3 aromatic carbocycles. The standard InChI is InChI=1S/C33H36F2O/c1-3-5-6-10-24-36-33(22-4-2)23-21-30(31(34)32(33)35)29-19-17-28(18-20-29)27-15-13-26(14-16-27)25-11-8-7-9-12-25/h7-9,11-21,23,32H,3-6,10,22,24H2,1-2H3. The minimum atomic E-state index is -1.80. The molecule has 0 aliphatic heterocycles. The first-order valence-corrected chi connectivity index (χ1v) is 13.2. The molecule has 1 aliphatic carbocycles. The average Bonchev–Trinajstić information content (AvgIpc) is 2.93. The maximum atomic E-state index is 15.5. The lowest BCUT2D eigenvalue weighted by Crippen LogP contribution is -2.43. The molecule has 0 N–H and O–H groups in total. The number of ether oxygens (including phenoxy) is 1. The van der Waals surface area contributed by atoms with Gasteiger partial charge in [-0.1, -0.05) is 124 Å². The highest BCUT2D eigenvalue weighted by molar-refractivity contribution is 5.80. The van der Waals surface area contributed by atoms with Crippen LogP contribution < -0.4 is 0 Å². The minimum Gasteiger partial charge on any atom is -0.367 e. The van der Waals surface area contributed by atoms with Crippen LogP contribution >= 0.6 is 0 Å². The van der Waals surface area contributed by atoms with Gasteiger partial charge in [-0.15, -0.1) is 0 Å². The molecule has 1 aliphatic rings. The number of benzene rings is 3. The highest BCUT2D eigenvalue weighted by atomic mass is 19.2. The number of rotatable bonds is 11. The molecule has 0 fully saturated rings. The topological polar surface area (TPSA) is 9.23 Å². The van der Waals surface area contributed by atoms with E-state index in [9.17, 15) is 0 Å². The molecule has 0 radical (unpaired) electrons. The fourth-order valence-corrected chi connectivity index (χ4v) is 4.89. The van der Waals surface area contributed by atoms with Crippen molar-refractivity contribution < 1.29 is 13.5 Å². The Kier molecular flexibility index (Phi) is 8.88. The zero-order chi connectivity index (χ0) is 25.4. The largest absolute Gasteiger partial charge is 0.367 e. The number of hydrogen-bond donors (Lipinski definition) is 0. The predicted molar refractivity (Wildman–Crippen MR) is 147 cm³/mol. The molecule has 2 atom stereocenters. The Labute approximate surface area is 214 Å². The van der Waals surface area contributed by atoms with Gasteiger partial charge >= 0.3 is 0 Å². The number of alkyl halides is 1. The Morgan fingerprint density at radius 1 is 0.694 bits per heavy atom. The maximum absolute atomic E-state index is 15.5. The van der Waals surface area contributed by atoms with E-state index < -0.39 is 17.6 Å². The fraction of sp³-hybridized carbons (Fsp3) is 0.333. The van der Waals surface area contributed by atoms with Crippen LogP contribution in [0.15, 0.2) is 96.8 Å². The molecule has 0 spiro atoms. The van der Waals surface area contributed by atoms with Crippen molar-refractivity contribution in [3.05, 3.63) is 102 Å². The van der Waals surface area contributed by atoms with Gasteiger partial charge < -0.3 is 4.74 Å². The highest BCUT2D eigenvalue weighted by Gasteiger charge is 2.43. The second-order valence-corrected chi connectivity index (χ2v) is 9.59. The normalized spacial score (nSPS) is 19.6. The van der Waals surface area contributed by atoms with E-state index in [1.165, 1.54) is 5.56 Å². The molecule has 0 bridgehead atoms. The molecule has 188 valence electrons. The van der Waals surface area contributed by atoms with Crippen LogP contribution in [0.25, 0.3) is 27.8 Å². The molecule has 0 saturated heterocycles. The summed E-state index contributed by atoms with van der Waals surface area (Å²) in [7, 11) is 0. The van der Waals surface area contributed by atoms with Crippen molar-refractivity contribution in [2.45, 2.75) is 64.1 Å². The fourth-order valence-electron chi connectivity index (χ4n) is 4.89. The van der Waals surface area contributed by atoms with Gasteiger partial charge in [0.25, 0.3) is 0 Å². The second-order valence-electron chi connectivity index (χ2n) is 9.59. The summed E-state index contributed by atoms with van der Waals surface area (Å²) in [4.78, 5) is 0. The van der Waals surface area contributed by atoms with Gasteiger partial charge in [0, 0.05) is 12.2 Å². The molecule has 0 amide bonds. The quantitative estimate of drug-likeness (QED) is 0.245. The SMILES string of the molecule is CCCCCCOC1(CCC)C=CC(c2ccc(-c3ccc(-c4ccccc4)cc3)cc2)=C(F)C1F. The average molecular weight is 487 g/mol. The Hall–Kier alpha value is -3.04. The van der Waals surface area contributed by atoms with Gasteiger partial charge in [0.05, 0.1) is 0 Å². The van der Waals surface area contributed by atoms with Crippen molar-refractivity contribution in [2.24, 2.45) is 0 Å². The molecule has 0 saturated carbocycles. The van der Waals surface area contributed by atoms with E-state index in [4.69, 9.17) is 4.74 Å². The van der Waals surface area contributed by atoms with Gasteiger partial charge in [-0.2, -0.15) is 0 Å². The van der Waals surface area contributed by atoms with E-state index in [2.05, 4.69) is 43.3 Å². The zero-order valence-corrected chi connectivity index (χ0v) is 21.4. The van der Waals surface area contributed by atoms with E-state index in [0.717, 1.165) is 48.8 Å². The predicted octanol–water partition coefficient (Wildman–Crippen LogP) is 9.74. The summed E-state index contributed by atoms with van der Waals surface area (Å²) in [5, 5.41) is 0. The molecule has 4 rings (SSSR count). The van der Waals surface area contributed by atoms with Gasteiger partial charge in [0.1, 0.15) is 11.4 Å². The van der Waals surface area contributed by atoms with E-state index >= 15 is 8.78 Å². The van der Waals surface area contributed by atoms with Crippen LogP contribution in [-0.4, -0.2) is 18.4 Å². The van der Waals surface area contributed by atoms with Crippen LogP contribution in [0.3, 0.4) is 0 Å². The van der Waals surface area contributed by atoms with Gasteiger partial charge in [0.2, 0.25) is 0 Å². The first-order chi connectivity index (χ1) is 17.6. The molecule has 36 heavy (non-hydrogen) atoms. The van der Waals surface area contributed by atoms with E-state index in [1.807, 2.05) is 49.4 Å². The van der Waals surface area contributed by atoms with Crippen LogP contribution in [0.4, 0.5) is 8.78 Å². The van der Waals surface area contributed by atoms with Crippen LogP contribution in [0.2, 0.25) is 0 Å². The van der Waals surface area contributed by atoms with Crippen LogP contribution in [0.1, 0.15) is 57.9 Å². The van der Waals surface area contributed by atoms with Crippen molar-refractivity contribution in [3.63, 3.8) is 0 Å². The lowest BCUT2D eigenvalue weighted by Gasteiger charge is -2.36. The molecule has 0 aromatic heterocycles. The molecule has 3 aromatic rings. The van der Waals surface area contributed by atoms with Crippen molar-refractivity contribution in [3.8, 4) is 22.3 Å². The number of hydrogen-bond acceptors (Lipinski definition) is 1. The lowest BCUT2D eigenvalue weighted by molar-refractivity contribution is -0.0642. The monoisotopic (exact) mass is 486 g/mol. The third kappa shape index (κ3) is 5.84. The van der Waals surface area contributed by atoms with Crippen molar-refractivity contribution in [2.75, 3.05) is 6.61 Å². The van der Waals surface area contributed by atoms with Gasteiger partial charge in [-0.05, 0) is 46.7 Å². The van der Waals surface area contributed by atoms with Crippen molar-refractivity contribution in [1.29, 1.82) is 0 Å². The van der Waals surface area contributed by atoms with Gasteiger partial charge in [-0.3, -0.25) is 0 Å². The number of halogens is 2. The molecule has 2 unspecified atom stereocenters. The lowest BCUT2D eigenvalue weighted by atomic mass is 9.83. The van der Waals surface area contributed by atoms with Gasteiger partial charge in [-0.25, -0.2) is 8.78 Å². The number of allylic oxidation sites excluding steroid dienone is 2. The molecular weight excluding hydrogens is 450 g/mol. The van der Waals surface area contributed by atoms with E-state index in [1.54, 1.807) is 12.2 Å². The smallest absolute Gasteiger partial charge is 0.184 e. The van der Waals surface area contributed by atoms with Crippen LogP contribution in [0.5, 0.6) is 0 Å². The summed E-state index contributed by atoms with van der Waals surface area (Å²) in [6.45, 7) is 4.58. The molecule has 3 heteroatoms. The van der Waals surface area contributed by atoms with Crippen LogP contribution in [-0.2, 0) is 4.74 Å². The highest BCUT2D eigenvalue weighted by Crippen LogP contribution is 2.41. The molecule has 1 nitrogen and oxygen atoms in total. The Balaban J connectivity index is 1.49. The van der Waals surface area contributed by atoms with Crippen molar-refractivity contribution >= 4 is 5.57 Å². The second kappa shape index (κ2) is 12.3. The number of unbranched alkanes of at least 4 members (excludes halogenated alkanes) is 3. The summed E-state index contributed by atoms with van der Waals surface area (Å²) in [5.74, 6) is -0.737. The summed E-state index contributed by atoms with van der Waals surface area (Å²) < 4.78 is 36.9. The Morgan fingerprint density at radius 2 is 1.25 bits per heavy atom. The summed E-state index contributed by atoms with van der Waals surface area (Å²) >= 11 is 0. The third-order valence-electron chi connectivity index (χ3n) is 6.97. The van der Waals surface area contributed by atoms with Gasteiger partial charge in [0.15, 0.2) is 6.17 Å². The van der Waals surface area contributed by atoms with E-state index in [-0.39, 0.29) is 0 Å². The maximum Gasteiger partial charge on any atom is 0.184 e. The minimum absolute atomic E-state index is 0.301. The first-order valence-electron chi connectivity index (χ1n) is 13.2. The third-order valence-corrected chi connectivity index (χ3v) is 6.97. The zero-order valence-electron chi connectivity index (χ0n) is 21.4. The van der Waals surface area contributed by atoms with Crippen molar-refractivity contribution in [1.82, 2.24) is 0 Å². The summed E-state index contributed by atoms with van der Waals surface area (Å²) in [5.41, 5.74) is 4.21. The molecule has 0 heterocycles. The summed E-state index contributed by atoms with van der Waals surface area (Å²) in [6.07, 6.45) is 7.00.